The van der Waals surface area contributed by atoms with Gasteiger partial charge in [0.15, 0.2) is 4.34 Å². The lowest BCUT2D eigenvalue weighted by Gasteiger charge is -2.17. The Balaban J connectivity index is 1.70. The molecule has 0 aliphatic rings. The first-order chi connectivity index (χ1) is 12.1. The Bertz CT molecular complexity index is 846. The molecule has 0 N–H and O–H groups in total. The lowest BCUT2D eigenvalue weighted by Crippen LogP contribution is -2.28. The molecule has 2 aromatic heterocycles. The van der Waals surface area contributed by atoms with Crippen LogP contribution in [0, 0.1) is 13.8 Å². The van der Waals surface area contributed by atoms with Gasteiger partial charge in [0, 0.05) is 24.8 Å². The molecule has 0 spiro atoms. The van der Waals surface area contributed by atoms with E-state index in [4.69, 9.17) is 0 Å². The second kappa shape index (κ2) is 7.79. The second-order valence-electron chi connectivity index (χ2n) is 5.64. The molecule has 0 aliphatic heterocycles. The monoisotopic (exact) mass is 373 g/mol. The smallest absolute Gasteiger partial charge is 0.233 e. The van der Waals surface area contributed by atoms with Crippen molar-refractivity contribution in [3.8, 4) is 5.69 Å². The van der Waals surface area contributed by atoms with Gasteiger partial charge < -0.3 is 4.90 Å². The Labute approximate surface area is 154 Å². The molecule has 2 heterocycles. The first kappa shape index (κ1) is 17.6. The highest BCUT2D eigenvalue weighted by Crippen LogP contribution is 2.21. The van der Waals surface area contributed by atoms with Gasteiger partial charge in [0.2, 0.25) is 5.91 Å². The van der Waals surface area contributed by atoms with Gasteiger partial charge in [-0.05, 0) is 26.0 Å². The van der Waals surface area contributed by atoms with E-state index in [9.17, 15) is 4.79 Å². The lowest BCUT2D eigenvalue weighted by molar-refractivity contribution is -0.127. The van der Waals surface area contributed by atoms with Gasteiger partial charge in [-0.15, -0.1) is 10.2 Å². The molecule has 3 aromatic rings. The molecule has 0 fully saturated rings. The summed E-state index contributed by atoms with van der Waals surface area (Å²) in [6, 6.07) is 10.0. The number of hydrogen-bond acceptors (Lipinski definition) is 6. The molecule has 0 saturated heterocycles. The number of benzene rings is 1. The Morgan fingerprint density at radius 2 is 2.04 bits per heavy atom. The third-order valence-electron chi connectivity index (χ3n) is 3.92. The van der Waals surface area contributed by atoms with Crippen molar-refractivity contribution in [3.05, 3.63) is 52.8 Å². The minimum atomic E-state index is 0.0615. The molecule has 0 atom stereocenters. The highest BCUT2D eigenvalue weighted by atomic mass is 32.2. The van der Waals surface area contributed by atoms with Crippen molar-refractivity contribution < 1.29 is 4.79 Å². The van der Waals surface area contributed by atoms with Crippen molar-refractivity contribution in [1.82, 2.24) is 24.9 Å². The highest BCUT2D eigenvalue weighted by molar-refractivity contribution is 8.01. The molecule has 6 nitrogen and oxygen atoms in total. The minimum Gasteiger partial charge on any atom is -0.341 e. The van der Waals surface area contributed by atoms with E-state index in [1.807, 2.05) is 55.9 Å². The summed E-state index contributed by atoms with van der Waals surface area (Å²) in [4.78, 5) is 14.1. The molecule has 3 rings (SSSR count). The van der Waals surface area contributed by atoms with Gasteiger partial charge >= 0.3 is 0 Å². The van der Waals surface area contributed by atoms with Gasteiger partial charge in [0.25, 0.3) is 0 Å². The molecule has 0 unspecified atom stereocenters. The van der Waals surface area contributed by atoms with Crippen molar-refractivity contribution in [1.29, 1.82) is 0 Å². The third-order valence-corrected chi connectivity index (χ3v) is 5.77. The summed E-state index contributed by atoms with van der Waals surface area (Å²) in [6.07, 6.45) is 0. The quantitative estimate of drug-likeness (QED) is 0.621. The van der Waals surface area contributed by atoms with E-state index in [1.54, 1.807) is 10.4 Å². The number of aromatic nitrogens is 4. The SMILES string of the molecule is Cc1nn(-c2ccccc2)c(C)c1CN(C)C(=O)CSc1nncs1. The van der Waals surface area contributed by atoms with E-state index in [-0.39, 0.29) is 5.91 Å². The Morgan fingerprint density at radius 1 is 1.28 bits per heavy atom. The number of hydrogen-bond donors (Lipinski definition) is 0. The van der Waals surface area contributed by atoms with Gasteiger partial charge in [-0.1, -0.05) is 41.3 Å². The van der Waals surface area contributed by atoms with Crippen LogP contribution in [0.25, 0.3) is 5.69 Å². The number of aryl methyl sites for hydroxylation is 1. The summed E-state index contributed by atoms with van der Waals surface area (Å²) in [5.74, 6) is 0.419. The third kappa shape index (κ3) is 4.08. The Morgan fingerprint density at radius 3 is 2.72 bits per heavy atom. The van der Waals surface area contributed by atoms with Crippen LogP contribution >= 0.6 is 23.1 Å². The van der Waals surface area contributed by atoms with Crippen molar-refractivity contribution >= 4 is 29.0 Å². The van der Waals surface area contributed by atoms with E-state index in [1.165, 1.54) is 23.1 Å². The maximum Gasteiger partial charge on any atom is 0.233 e. The van der Waals surface area contributed by atoms with E-state index >= 15 is 0 Å². The van der Waals surface area contributed by atoms with Crippen molar-refractivity contribution in [3.63, 3.8) is 0 Å². The van der Waals surface area contributed by atoms with Gasteiger partial charge in [-0.2, -0.15) is 5.10 Å². The van der Waals surface area contributed by atoms with Crippen LogP contribution in [-0.4, -0.2) is 43.6 Å². The van der Waals surface area contributed by atoms with Gasteiger partial charge in [0.05, 0.1) is 17.1 Å². The van der Waals surface area contributed by atoms with E-state index < -0.39 is 0 Å². The maximum atomic E-state index is 12.4. The van der Waals surface area contributed by atoms with E-state index in [0.29, 0.717) is 12.3 Å². The molecule has 1 amide bonds. The van der Waals surface area contributed by atoms with Crippen LogP contribution in [0.15, 0.2) is 40.2 Å². The molecule has 0 saturated carbocycles. The van der Waals surface area contributed by atoms with Crippen LogP contribution in [0.1, 0.15) is 17.0 Å². The second-order valence-corrected chi connectivity index (χ2v) is 7.70. The number of carbonyl (C=O) groups is 1. The lowest BCUT2D eigenvalue weighted by atomic mass is 10.2. The molecule has 0 bridgehead atoms. The summed E-state index contributed by atoms with van der Waals surface area (Å²) in [5, 5.41) is 12.4. The molecule has 1 aromatic carbocycles. The van der Waals surface area contributed by atoms with Crippen molar-refractivity contribution in [2.75, 3.05) is 12.8 Å². The number of para-hydroxylation sites is 1. The molecular formula is C17H19N5OS2. The predicted octanol–water partition coefficient (Wildman–Crippen LogP) is 3.09. The number of carbonyl (C=O) groups excluding carboxylic acids is 1. The maximum absolute atomic E-state index is 12.4. The average Bonchev–Trinajstić information content (AvgIpc) is 3.24. The van der Waals surface area contributed by atoms with Gasteiger partial charge in [0.1, 0.15) is 5.51 Å². The fourth-order valence-corrected chi connectivity index (χ4v) is 3.94. The minimum absolute atomic E-state index is 0.0615. The fraction of sp³-hybridized carbons (Fsp3) is 0.294. The van der Waals surface area contributed by atoms with E-state index in [2.05, 4.69) is 15.3 Å². The van der Waals surface area contributed by atoms with Crippen LogP contribution in [-0.2, 0) is 11.3 Å². The highest BCUT2D eigenvalue weighted by Gasteiger charge is 2.17. The standard InChI is InChI=1S/C17H19N5OS2/c1-12-15(13(2)22(20-12)14-7-5-4-6-8-14)9-21(3)16(23)10-24-17-19-18-11-25-17/h4-8,11H,9-10H2,1-3H3. The summed E-state index contributed by atoms with van der Waals surface area (Å²) in [5.41, 5.74) is 5.77. The largest absolute Gasteiger partial charge is 0.341 e. The number of amides is 1. The topological polar surface area (TPSA) is 63.9 Å². The predicted molar refractivity (Wildman–Crippen MR) is 100 cm³/mol. The van der Waals surface area contributed by atoms with Gasteiger partial charge in [-0.25, -0.2) is 4.68 Å². The number of thioether (sulfide) groups is 1. The van der Waals surface area contributed by atoms with Crippen LogP contribution in [0.4, 0.5) is 0 Å². The van der Waals surface area contributed by atoms with E-state index in [0.717, 1.165) is 27.0 Å². The van der Waals surface area contributed by atoms with Crippen LogP contribution in [0.5, 0.6) is 0 Å². The molecule has 0 radical (unpaired) electrons. The summed E-state index contributed by atoms with van der Waals surface area (Å²) < 4.78 is 2.74. The first-order valence-corrected chi connectivity index (χ1v) is 9.66. The summed E-state index contributed by atoms with van der Waals surface area (Å²) >= 11 is 2.86. The number of nitrogens with zero attached hydrogens (tertiary/aromatic N) is 5. The zero-order valence-electron chi connectivity index (χ0n) is 14.3. The van der Waals surface area contributed by atoms with Crippen LogP contribution in [0.2, 0.25) is 0 Å². The average molecular weight is 374 g/mol. The van der Waals surface area contributed by atoms with Crippen LogP contribution < -0.4 is 0 Å². The van der Waals surface area contributed by atoms with Crippen molar-refractivity contribution in [2.24, 2.45) is 0 Å². The molecule has 0 aliphatic carbocycles. The zero-order valence-corrected chi connectivity index (χ0v) is 16.0. The van der Waals surface area contributed by atoms with Crippen LogP contribution in [0.3, 0.4) is 0 Å². The normalized spacial score (nSPS) is 10.8. The first-order valence-electron chi connectivity index (χ1n) is 7.79. The molecule has 130 valence electrons. The summed E-state index contributed by atoms with van der Waals surface area (Å²) in [7, 11) is 1.82. The van der Waals surface area contributed by atoms with Crippen molar-refractivity contribution in [2.45, 2.75) is 24.7 Å². The zero-order chi connectivity index (χ0) is 17.8. The molecule has 8 heteroatoms. The fourth-order valence-electron chi connectivity index (χ4n) is 2.51. The molecule has 25 heavy (non-hydrogen) atoms. The molecular weight excluding hydrogens is 354 g/mol. The Hall–Kier alpha value is -2.19. The van der Waals surface area contributed by atoms with Gasteiger partial charge in [-0.3, -0.25) is 4.79 Å². The number of rotatable bonds is 6. The summed E-state index contributed by atoms with van der Waals surface area (Å²) in [6.45, 7) is 4.56. The Kier molecular flexibility index (Phi) is 5.50.